The molecule has 3 rings (SSSR count). The van der Waals surface area contributed by atoms with Gasteiger partial charge in [-0.05, 0) is 57.3 Å². The molecule has 0 bridgehead atoms. The quantitative estimate of drug-likeness (QED) is 0.790. The number of methoxy groups -OCH3 is 1. The molecule has 1 saturated heterocycles. The zero-order valence-electron chi connectivity index (χ0n) is 14.6. The number of nitrogens with zero attached hydrogens (tertiary/aromatic N) is 2. The van der Waals surface area contributed by atoms with Crippen LogP contribution in [-0.4, -0.2) is 48.7 Å². The molecule has 4 nitrogen and oxygen atoms in total. The lowest BCUT2D eigenvalue weighted by Gasteiger charge is -2.41. The van der Waals surface area contributed by atoms with E-state index in [1.807, 2.05) is 0 Å². The number of hydrogen-bond donors (Lipinski definition) is 1. The normalized spacial score (nSPS) is 37.0. The summed E-state index contributed by atoms with van der Waals surface area (Å²) in [4.78, 5) is 0. The topological polar surface area (TPSA) is 45.1 Å². The summed E-state index contributed by atoms with van der Waals surface area (Å²) in [6.45, 7) is 6.33. The van der Waals surface area contributed by atoms with Gasteiger partial charge in [0, 0.05) is 24.8 Å². The Bertz CT molecular complexity index is 462. The average molecular weight is 320 g/mol. The molecule has 2 saturated carbocycles. The molecule has 0 aromatic rings. The van der Waals surface area contributed by atoms with E-state index < -0.39 is 0 Å². The average Bonchev–Trinajstić information content (AvgIpc) is 3.17. The molecule has 2 aliphatic carbocycles. The van der Waals surface area contributed by atoms with Crippen molar-refractivity contribution in [3.63, 3.8) is 0 Å². The van der Waals surface area contributed by atoms with Gasteiger partial charge in [0.15, 0.2) is 0 Å². The van der Waals surface area contributed by atoms with Crippen molar-refractivity contribution in [3.05, 3.63) is 12.2 Å². The summed E-state index contributed by atoms with van der Waals surface area (Å²) < 4.78 is 5.36. The van der Waals surface area contributed by atoms with E-state index in [-0.39, 0.29) is 12.0 Å². The van der Waals surface area contributed by atoms with Crippen LogP contribution in [0.15, 0.2) is 17.3 Å². The zero-order valence-corrected chi connectivity index (χ0v) is 14.6. The van der Waals surface area contributed by atoms with Crippen LogP contribution in [0.4, 0.5) is 0 Å². The van der Waals surface area contributed by atoms with Crippen molar-refractivity contribution < 1.29 is 9.84 Å². The van der Waals surface area contributed by atoms with Crippen molar-refractivity contribution in [1.29, 1.82) is 0 Å². The van der Waals surface area contributed by atoms with Crippen LogP contribution < -0.4 is 0 Å². The third-order valence-corrected chi connectivity index (χ3v) is 6.25. The van der Waals surface area contributed by atoms with Crippen molar-refractivity contribution in [1.82, 2.24) is 5.01 Å². The van der Waals surface area contributed by atoms with Gasteiger partial charge in [-0.25, -0.2) is 0 Å². The molecule has 23 heavy (non-hydrogen) atoms. The zero-order chi connectivity index (χ0) is 16.3. The van der Waals surface area contributed by atoms with E-state index in [2.05, 4.69) is 11.6 Å². The van der Waals surface area contributed by atoms with Crippen LogP contribution >= 0.6 is 0 Å². The minimum Gasteiger partial charge on any atom is -0.395 e. The van der Waals surface area contributed by atoms with Gasteiger partial charge >= 0.3 is 0 Å². The molecule has 1 aliphatic heterocycles. The molecule has 1 heterocycles. The number of hydrazone groups is 1. The number of aliphatic hydroxyl groups is 1. The summed E-state index contributed by atoms with van der Waals surface area (Å²) in [5, 5.41) is 17.6. The number of aliphatic hydroxyl groups excluding tert-OH is 1. The Hall–Kier alpha value is -0.870. The standard InChI is InChI=1S/C19H32N2O2/c1-15-7-3-4-9-17(15)19(14-22)11-5-10-18(19)20-21-12-6-8-16(21)13-23-2/h16-17,22H,1,3-14H2,2H3/b20-18+/t16-,17+,19+/m0/s1. The highest BCUT2D eigenvalue weighted by molar-refractivity contribution is 5.92. The van der Waals surface area contributed by atoms with E-state index in [1.54, 1.807) is 7.11 Å². The van der Waals surface area contributed by atoms with Crippen molar-refractivity contribution in [3.8, 4) is 0 Å². The molecular formula is C19H32N2O2. The van der Waals surface area contributed by atoms with Crippen LogP contribution in [-0.2, 0) is 4.74 Å². The third kappa shape index (κ3) is 3.20. The van der Waals surface area contributed by atoms with Gasteiger partial charge in [-0.3, -0.25) is 5.01 Å². The van der Waals surface area contributed by atoms with Gasteiger partial charge in [-0.15, -0.1) is 0 Å². The summed E-state index contributed by atoms with van der Waals surface area (Å²) in [6.07, 6.45) is 10.4. The van der Waals surface area contributed by atoms with E-state index >= 15 is 0 Å². The van der Waals surface area contributed by atoms with E-state index in [4.69, 9.17) is 9.84 Å². The number of ether oxygens (including phenoxy) is 1. The highest BCUT2D eigenvalue weighted by atomic mass is 16.5. The lowest BCUT2D eigenvalue weighted by atomic mass is 9.65. The molecule has 0 spiro atoms. The predicted octanol–water partition coefficient (Wildman–Crippen LogP) is 3.36. The molecule has 0 amide bonds. The minimum atomic E-state index is -0.141. The van der Waals surface area contributed by atoms with Gasteiger partial charge in [0.1, 0.15) is 0 Å². The first-order valence-corrected chi connectivity index (χ1v) is 9.33. The molecule has 0 radical (unpaired) electrons. The van der Waals surface area contributed by atoms with Gasteiger partial charge < -0.3 is 9.84 Å². The summed E-state index contributed by atoms with van der Waals surface area (Å²) in [5.41, 5.74) is 2.43. The fourth-order valence-corrected chi connectivity index (χ4v) is 4.98. The van der Waals surface area contributed by atoms with Gasteiger partial charge in [0.05, 0.1) is 19.3 Å². The number of hydrogen-bond acceptors (Lipinski definition) is 4. The Morgan fingerprint density at radius 1 is 1.26 bits per heavy atom. The fourth-order valence-electron chi connectivity index (χ4n) is 4.98. The molecule has 3 fully saturated rings. The maximum atomic E-state index is 10.3. The van der Waals surface area contributed by atoms with Gasteiger partial charge in [-0.1, -0.05) is 18.6 Å². The summed E-state index contributed by atoms with van der Waals surface area (Å²) in [6, 6.07) is 0.402. The van der Waals surface area contributed by atoms with Gasteiger partial charge in [-0.2, -0.15) is 5.10 Å². The second-order valence-corrected chi connectivity index (χ2v) is 7.59. The largest absolute Gasteiger partial charge is 0.395 e. The molecular weight excluding hydrogens is 288 g/mol. The first kappa shape index (κ1) is 17.0. The van der Waals surface area contributed by atoms with Crippen LogP contribution in [0.25, 0.3) is 0 Å². The van der Waals surface area contributed by atoms with Gasteiger partial charge in [0.25, 0.3) is 0 Å². The molecule has 0 aromatic carbocycles. The Balaban J connectivity index is 1.84. The first-order valence-electron chi connectivity index (χ1n) is 9.33. The third-order valence-electron chi connectivity index (χ3n) is 6.25. The van der Waals surface area contributed by atoms with E-state index in [0.29, 0.717) is 12.0 Å². The Morgan fingerprint density at radius 2 is 2.13 bits per heavy atom. The lowest BCUT2D eigenvalue weighted by molar-refractivity contribution is 0.109. The molecule has 3 atom stereocenters. The van der Waals surface area contributed by atoms with E-state index in [0.717, 1.165) is 45.3 Å². The van der Waals surface area contributed by atoms with Crippen molar-refractivity contribution >= 4 is 5.71 Å². The molecule has 0 unspecified atom stereocenters. The van der Waals surface area contributed by atoms with Crippen molar-refractivity contribution in [2.24, 2.45) is 16.4 Å². The minimum absolute atomic E-state index is 0.141. The van der Waals surface area contributed by atoms with Crippen LogP contribution in [0.3, 0.4) is 0 Å². The predicted molar refractivity (Wildman–Crippen MR) is 93.5 cm³/mol. The fraction of sp³-hybridized carbons (Fsp3) is 0.842. The highest BCUT2D eigenvalue weighted by Gasteiger charge is 2.47. The maximum Gasteiger partial charge on any atom is 0.0704 e. The second kappa shape index (κ2) is 7.35. The Kier molecular flexibility index (Phi) is 5.42. The number of rotatable bonds is 5. The van der Waals surface area contributed by atoms with Crippen molar-refractivity contribution in [2.45, 2.75) is 63.8 Å². The summed E-state index contributed by atoms with van der Waals surface area (Å²) in [7, 11) is 1.77. The highest BCUT2D eigenvalue weighted by Crippen LogP contribution is 2.49. The van der Waals surface area contributed by atoms with Crippen LogP contribution in [0.2, 0.25) is 0 Å². The number of allylic oxidation sites excluding steroid dienone is 1. The molecule has 4 heteroatoms. The van der Waals surface area contributed by atoms with E-state index in [1.165, 1.54) is 37.0 Å². The van der Waals surface area contributed by atoms with Gasteiger partial charge in [0.2, 0.25) is 0 Å². The van der Waals surface area contributed by atoms with Crippen LogP contribution in [0.5, 0.6) is 0 Å². The molecule has 1 N–H and O–H groups in total. The SMILES string of the molecule is C=C1CCCC[C@H]1[C@]1(CO)CCC/C1=N\N1CCC[C@H]1COC. The Labute approximate surface area is 140 Å². The second-order valence-electron chi connectivity index (χ2n) is 7.59. The monoisotopic (exact) mass is 320 g/mol. The molecule has 130 valence electrons. The Morgan fingerprint density at radius 3 is 2.87 bits per heavy atom. The summed E-state index contributed by atoms with van der Waals surface area (Å²) in [5.74, 6) is 0.422. The maximum absolute atomic E-state index is 10.3. The van der Waals surface area contributed by atoms with E-state index in [9.17, 15) is 5.11 Å². The van der Waals surface area contributed by atoms with Crippen LogP contribution in [0, 0.1) is 11.3 Å². The smallest absolute Gasteiger partial charge is 0.0704 e. The molecule has 3 aliphatic rings. The van der Waals surface area contributed by atoms with Crippen LogP contribution in [0.1, 0.15) is 57.8 Å². The summed E-state index contributed by atoms with van der Waals surface area (Å²) >= 11 is 0. The first-order chi connectivity index (χ1) is 11.2. The lowest BCUT2D eigenvalue weighted by Crippen LogP contribution is -2.42. The molecule has 0 aromatic heterocycles. The van der Waals surface area contributed by atoms with Crippen molar-refractivity contribution in [2.75, 3.05) is 26.9 Å².